The lowest BCUT2D eigenvalue weighted by molar-refractivity contribution is -0.199. The molecule has 0 aliphatic rings. The maximum atomic E-state index is 12.5. The van der Waals surface area contributed by atoms with Crippen LogP contribution in [0.1, 0.15) is 26.2 Å². The van der Waals surface area contributed by atoms with E-state index in [0.717, 1.165) is 0 Å². The number of unbranched alkanes of at least 4 members (excludes halogenated alkanes) is 1. The van der Waals surface area contributed by atoms with E-state index < -0.39 is 42.6 Å². The Kier molecular flexibility index (Phi) is 8.12. The van der Waals surface area contributed by atoms with Gasteiger partial charge in [-0.3, -0.25) is 8.98 Å². The molecule has 0 spiro atoms. The van der Waals surface area contributed by atoms with Crippen molar-refractivity contribution in [2.45, 2.75) is 32.4 Å². The third-order valence-corrected chi connectivity index (χ3v) is 2.39. The Balaban J connectivity index is 4.17. The molecule has 0 saturated carbocycles. The fraction of sp³-hybridized carbons (Fsp3) is 0.889. The largest absolute Gasteiger partial charge is 0.750 e. The van der Waals surface area contributed by atoms with Crippen LogP contribution in [0, 0.1) is 5.92 Å². The van der Waals surface area contributed by atoms with E-state index in [9.17, 15) is 26.7 Å². The Labute approximate surface area is 105 Å². The molecular weight excluding hydrogens is 277 g/mol. The van der Waals surface area contributed by atoms with Gasteiger partial charge in [0.1, 0.15) is 6.61 Å². The van der Waals surface area contributed by atoms with Crippen LogP contribution in [0.15, 0.2) is 0 Å². The molecule has 0 amide bonds. The van der Waals surface area contributed by atoms with E-state index in [-0.39, 0.29) is 12.8 Å². The molecule has 18 heavy (non-hydrogen) atoms. The number of rotatable bonds is 8. The predicted octanol–water partition coefficient (Wildman–Crippen LogP) is 1.71. The molecule has 9 heteroatoms. The number of carbonyl (C=O) groups is 1. The molecular formula is C9H14F3O5S-. The molecule has 0 rings (SSSR count). The molecule has 2 unspecified atom stereocenters. The van der Waals surface area contributed by atoms with Crippen molar-refractivity contribution in [2.24, 2.45) is 5.92 Å². The minimum atomic E-state index is -4.66. The molecule has 0 saturated heterocycles. The first kappa shape index (κ1) is 17.3. The number of carbonyl (C=O) groups excluding carboxylic acids is 1. The molecule has 0 aliphatic heterocycles. The monoisotopic (exact) mass is 291 g/mol. The zero-order valence-electron chi connectivity index (χ0n) is 9.70. The van der Waals surface area contributed by atoms with Crippen molar-refractivity contribution in [1.82, 2.24) is 0 Å². The van der Waals surface area contributed by atoms with Crippen molar-refractivity contribution >= 4 is 17.3 Å². The number of alkyl halides is 3. The lowest BCUT2D eigenvalue weighted by atomic mass is 10.0. The number of hydrogen-bond donors (Lipinski definition) is 0. The molecule has 0 aromatic rings. The van der Waals surface area contributed by atoms with Gasteiger partial charge in [-0.05, 0) is 6.42 Å². The standard InChI is InChI=1S/C9H15F3O5S/c1-2-3-4-7(9(10,11)12)8(13)16-5-6-17-18(14)15/h7H,2-6H2,1H3,(H,14,15)/p-1. The summed E-state index contributed by atoms with van der Waals surface area (Å²) in [6.45, 7) is 0.669. The van der Waals surface area contributed by atoms with Crippen LogP contribution < -0.4 is 0 Å². The second-order valence-corrected chi connectivity index (χ2v) is 4.07. The van der Waals surface area contributed by atoms with Gasteiger partial charge in [-0.15, -0.1) is 0 Å². The van der Waals surface area contributed by atoms with Crippen molar-refractivity contribution < 1.29 is 35.6 Å². The van der Waals surface area contributed by atoms with E-state index in [1.165, 1.54) is 0 Å². The van der Waals surface area contributed by atoms with Crippen LogP contribution in [-0.2, 0) is 25.1 Å². The first-order chi connectivity index (χ1) is 8.29. The van der Waals surface area contributed by atoms with Crippen LogP contribution in [-0.4, -0.2) is 34.1 Å². The number of ether oxygens (including phenoxy) is 1. The van der Waals surface area contributed by atoms with Gasteiger partial charge < -0.3 is 9.29 Å². The molecule has 0 heterocycles. The average Bonchev–Trinajstić information content (AvgIpc) is 2.22. The Morgan fingerprint density at radius 2 is 2.00 bits per heavy atom. The Morgan fingerprint density at radius 1 is 1.39 bits per heavy atom. The van der Waals surface area contributed by atoms with E-state index in [1.54, 1.807) is 6.92 Å². The SMILES string of the molecule is CCCCC(C(=O)OCCOS(=O)[O-])C(F)(F)F. The molecule has 0 aromatic carbocycles. The maximum Gasteiger partial charge on any atom is 0.402 e. The van der Waals surface area contributed by atoms with Gasteiger partial charge in [-0.2, -0.15) is 13.2 Å². The van der Waals surface area contributed by atoms with Crippen LogP contribution >= 0.6 is 0 Å². The number of hydrogen-bond acceptors (Lipinski definition) is 5. The van der Waals surface area contributed by atoms with Crippen molar-refractivity contribution in [3.63, 3.8) is 0 Å². The summed E-state index contributed by atoms with van der Waals surface area (Å²) in [6, 6.07) is 0. The molecule has 2 atom stereocenters. The summed E-state index contributed by atoms with van der Waals surface area (Å²) in [5, 5.41) is 0. The van der Waals surface area contributed by atoms with Crippen molar-refractivity contribution in [3.8, 4) is 0 Å². The summed E-state index contributed by atoms with van der Waals surface area (Å²) < 4.78 is 65.7. The lowest BCUT2D eigenvalue weighted by Crippen LogP contribution is -2.32. The van der Waals surface area contributed by atoms with Gasteiger partial charge in [0.05, 0.1) is 18.0 Å². The predicted molar refractivity (Wildman–Crippen MR) is 54.9 cm³/mol. The molecule has 5 nitrogen and oxygen atoms in total. The third-order valence-electron chi connectivity index (χ3n) is 2.03. The highest BCUT2D eigenvalue weighted by molar-refractivity contribution is 7.74. The van der Waals surface area contributed by atoms with Crippen molar-refractivity contribution in [1.29, 1.82) is 0 Å². The molecule has 0 fully saturated rings. The summed E-state index contributed by atoms with van der Waals surface area (Å²) >= 11 is -2.78. The van der Waals surface area contributed by atoms with Crippen molar-refractivity contribution in [3.05, 3.63) is 0 Å². The van der Waals surface area contributed by atoms with Crippen LogP contribution in [0.5, 0.6) is 0 Å². The first-order valence-corrected chi connectivity index (χ1v) is 6.25. The third kappa shape index (κ3) is 7.62. The van der Waals surface area contributed by atoms with Gasteiger partial charge in [0.25, 0.3) is 0 Å². The van der Waals surface area contributed by atoms with Crippen LogP contribution in [0.2, 0.25) is 0 Å². The second-order valence-electron chi connectivity index (χ2n) is 3.43. The Bertz CT molecular complexity index is 282. The number of esters is 1. The summed E-state index contributed by atoms with van der Waals surface area (Å²) in [5.41, 5.74) is 0. The fourth-order valence-electron chi connectivity index (χ4n) is 1.17. The summed E-state index contributed by atoms with van der Waals surface area (Å²) in [5.74, 6) is -3.58. The minimum absolute atomic E-state index is 0.250. The highest BCUT2D eigenvalue weighted by atomic mass is 32.2. The van der Waals surface area contributed by atoms with E-state index in [1.807, 2.05) is 0 Å². The van der Waals surface area contributed by atoms with E-state index in [4.69, 9.17) is 0 Å². The molecule has 0 bridgehead atoms. The summed E-state index contributed by atoms with van der Waals surface area (Å²) in [4.78, 5) is 11.2. The smallest absolute Gasteiger partial charge is 0.402 e. The molecule has 0 radical (unpaired) electrons. The quantitative estimate of drug-likeness (QED) is 0.386. The molecule has 0 N–H and O–H groups in total. The fourth-order valence-corrected chi connectivity index (χ4v) is 1.37. The van der Waals surface area contributed by atoms with Crippen LogP contribution in [0.3, 0.4) is 0 Å². The zero-order valence-corrected chi connectivity index (χ0v) is 10.5. The first-order valence-electron chi connectivity index (χ1n) is 5.25. The highest BCUT2D eigenvalue weighted by Gasteiger charge is 2.45. The second kappa shape index (κ2) is 8.44. The summed E-state index contributed by atoms with van der Waals surface area (Å²) in [6.07, 6.45) is -4.22. The molecule has 0 aromatic heterocycles. The molecule has 0 aliphatic carbocycles. The average molecular weight is 291 g/mol. The minimum Gasteiger partial charge on any atom is -0.750 e. The van der Waals surface area contributed by atoms with Gasteiger partial charge in [0, 0.05) is 0 Å². The van der Waals surface area contributed by atoms with Gasteiger partial charge >= 0.3 is 12.1 Å². The Hall–Kier alpha value is -0.670. The van der Waals surface area contributed by atoms with Crippen molar-refractivity contribution in [2.75, 3.05) is 13.2 Å². The van der Waals surface area contributed by atoms with Gasteiger partial charge in [-0.1, -0.05) is 19.8 Å². The van der Waals surface area contributed by atoms with Gasteiger partial charge in [-0.25, -0.2) is 4.21 Å². The van der Waals surface area contributed by atoms with Crippen LogP contribution in [0.4, 0.5) is 13.2 Å². The van der Waals surface area contributed by atoms with E-state index in [2.05, 4.69) is 8.92 Å². The normalized spacial score (nSPS) is 15.2. The number of halogens is 3. The van der Waals surface area contributed by atoms with Gasteiger partial charge in [0.2, 0.25) is 0 Å². The van der Waals surface area contributed by atoms with Gasteiger partial charge in [0.15, 0.2) is 5.92 Å². The maximum absolute atomic E-state index is 12.5. The zero-order chi connectivity index (χ0) is 14.2. The lowest BCUT2D eigenvalue weighted by Gasteiger charge is -2.18. The highest BCUT2D eigenvalue weighted by Crippen LogP contribution is 2.31. The van der Waals surface area contributed by atoms with E-state index >= 15 is 0 Å². The van der Waals surface area contributed by atoms with Crippen LogP contribution in [0.25, 0.3) is 0 Å². The Morgan fingerprint density at radius 3 is 2.44 bits per heavy atom. The molecule has 108 valence electrons. The van der Waals surface area contributed by atoms with E-state index in [0.29, 0.717) is 6.42 Å². The topological polar surface area (TPSA) is 75.7 Å². The summed E-state index contributed by atoms with van der Waals surface area (Å²) in [7, 11) is 0.